The lowest BCUT2D eigenvalue weighted by atomic mass is 9.66. The third kappa shape index (κ3) is 5.78. The minimum absolute atomic E-state index is 0.608. The number of nitrogens with zero attached hydrogens (tertiary/aromatic N) is 1. The average molecular weight is 996 g/mol. The highest BCUT2D eigenvalue weighted by atomic mass is 16.5. The van der Waals surface area contributed by atoms with Crippen molar-refractivity contribution in [2.75, 3.05) is 4.90 Å². The molecule has 4 heteroatoms. The molecule has 4 aliphatic rings. The summed E-state index contributed by atoms with van der Waals surface area (Å²) < 4.78 is 19.8. The van der Waals surface area contributed by atoms with Gasteiger partial charge in [0.05, 0.1) is 16.5 Å². The first-order valence-corrected chi connectivity index (χ1v) is 26.8. The van der Waals surface area contributed by atoms with Crippen LogP contribution in [0, 0.1) is 0 Å². The van der Waals surface area contributed by atoms with Gasteiger partial charge in [-0.3, -0.25) is 0 Å². The molecule has 0 atom stereocenters. The zero-order valence-electron chi connectivity index (χ0n) is 42.2. The zero-order valence-corrected chi connectivity index (χ0v) is 42.2. The molecule has 2 aliphatic heterocycles. The van der Waals surface area contributed by atoms with Crippen LogP contribution >= 0.6 is 0 Å². The SMILES string of the molecule is c1ccc2c(c1)Oc1ccccc1C21c2ccccc2-c2ccc(-c3ccccc3N(c3ccc(-c4ccc5oc6ccccc6c5c4)cc3)c3ccc4c(c3)C3(c5ccccc5Oc5ccccc53)c3ccccc3-4)cc21. The predicted octanol–water partition coefficient (Wildman–Crippen LogP) is 19.3. The molecule has 17 rings (SSSR count). The second-order valence-corrected chi connectivity index (χ2v) is 21.0. The number of furan rings is 1. The maximum atomic E-state index is 6.77. The Bertz CT molecular complexity index is 4570. The van der Waals surface area contributed by atoms with Crippen LogP contribution in [-0.4, -0.2) is 0 Å². The molecule has 4 nitrogen and oxygen atoms in total. The van der Waals surface area contributed by atoms with Gasteiger partial charge in [-0.05, 0) is 140 Å². The molecule has 0 N–H and O–H groups in total. The van der Waals surface area contributed by atoms with Gasteiger partial charge in [0.1, 0.15) is 34.2 Å². The van der Waals surface area contributed by atoms with E-state index in [1.165, 1.54) is 44.5 Å². The summed E-state index contributed by atoms with van der Waals surface area (Å²) in [7, 11) is 0. The van der Waals surface area contributed by atoms with Crippen molar-refractivity contribution in [3.63, 3.8) is 0 Å². The third-order valence-corrected chi connectivity index (χ3v) is 17.2. The lowest BCUT2D eigenvalue weighted by Crippen LogP contribution is -2.32. The number of anilines is 3. The van der Waals surface area contributed by atoms with Crippen molar-refractivity contribution >= 4 is 39.0 Å². The number of fused-ring (bicyclic) bond motifs is 21. The highest BCUT2D eigenvalue weighted by molar-refractivity contribution is 6.06. The van der Waals surface area contributed by atoms with Gasteiger partial charge in [-0.25, -0.2) is 0 Å². The second-order valence-electron chi connectivity index (χ2n) is 21.0. The van der Waals surface area contributed by atoms with E-state index in [0.717, 1.165) is 107 Å². The van der Waals surface area contributed by atoms with Gasteiger partial charge in [-0.1, -0.05) is 194 Å². The highest BCUT2D eigenvalue weighted by Gasteiger charge is 2.53. The van der Waals surface area contributed by atoms with Gasteiger partial charge in [0, 0.05) is 50.0 Å². The van der Waals surface area contributed by atoms with Crippen LogP contribution < -0.4 is 14.4 Å². The van der Waals surface area contributed by atoms with Crippen molar-refractivity contribution in [1.29, 1.82) is 0 Å². The third-order valence-electron chi connectivity index (χ3n) is 17.2. The van der Waals surface area contributed by atoms with Crippen LogP contribution in [0.4, 0.5) is 17.1 Å². The number of benzene rings is 12. The quantitative estimate of drug-likeness (QED) is 0.172. The van der Waals surface area contributed by atoms with Crippen LogP contribution in [0.5, 0.6) is 23.0 Å². The van der Waals surface area contributed by atoms with E-state index in [2.05, 4.69) is 266 Å². The average Bonchev–Trinajstić information content (AvgIpc) is 3.93. The van der Waals surface area contributed by atoms with Crippen LogP contribution in [0.3, 0.4) is 0 Å². The molecule has 1 aromatic heterocycles. The molecule has 2 aliphatic carbocycles. The van der Waals surface area contributed by atoms with E-state index in [-0.39, 0.29) is 0 Å². The summed E-state index contributed by atoms with van der Waals surface area (Å²) in [5.41, 5.74) is 22.6. The molecule has 3 heterocycles. The highest BCUT2D eigenvalue weighted by Crippen LogP contribution is 2.65. The molecule has 12 aromatic carbocycles. The summed E-state index contributed by atoms with van der Waals surface area (Å²) in [6.45, 7) is 0. The summed E-state index contributed by atoms with van der Waals surface area (Å²) in [4.78, 5) is 2.47. The maximum absolute atomic E-state index is 6.77. The summed E-state index contributed by atoms with van der Waals surface area (Å²) >= 11 is 0. The van der Waals surface area contributed by atoms with Crippen molar-refractivity contribution in [2.45, 2.75) is 10.8 Å². The fraction of sp³-hybridized carbons (Fsp3) is 0.0270. The van der Waals surface area contributed by atoms with Gasteiger partial charge in [-0.2, -0.15) is 0 Å². The van der Waals surface area contributed by atoms with E-state index in [4.69, 9.17) is 13.9 Å². The van der Waals surface area contributed by atoms with E-state index < -0.39 is 10.8 Å². The molecular weight excluding hydrogens is 951 g/mol. The Kier molecular flexibility index (Phi) is 8.94. The molecule has 0 radical (unpaired) electrons. The van der Waals surface area contributed by atoms with Crippen LogP contribution in [0.15, 0.2) is 277 Å². The Balaban J connectivity index is 0.893. The minimum atomic E-state index is -0.641. The summed E-state index contributed by atoms with van der Waals surface area (Å²) in [5, 5.41) is 2.23. The van der Waals surface area contributed by atoms with Crippen molar-refractivity contribution in [3.05, 3.63) is 317 Å². The van der Waals surface area contributed by atoms with E-state index >= 15 is 0 Å². The lowest BCUT2D eigenvalue weighted by molar-refractivity contribution is 0.436. The van der Waals surface area contributed by atoms with Crippen molar-refractivity contribution in [2.24, 2.45) is 0 Å². The normalized spacial score (nSPS) is 14.1. The zero-order chi connectivity index (χ0) is 51.1. The molecule has 0 amide bonds. The van der Waals surface area contributed by atoms with Gasteiger partial charge in [-0.15, -0.1) is 0 Å². The number of rotatable bonds is 5. The fourth-order valence-electron chi connectivity index (χ4n) is 14.1. The molecule has 0 saturated heterocycles. The second kappa shape index (κ2) is 16.2. The molecule has 364 valence electrons. The molecule has 0 unspecified atom stereocenters. The number of hydrogen-bond acceptors (Lipinski definition) is 4. The Morgan fingerprint density at radius 3 is 1.28 bits per heavy atom. The van der Waals surface area contributed by atoms with E-state index in [1.807, 2.05) is 12.1 Å². The largest absolute Gasteiger partial charge is 0.457 e. The van der Waals surface area contributed by atoms with E-state index in [0.29, 0.717) is 0 Å². The molecular formula is C74H45NO3. The molecule has 78 heavy (non-hydrogen) atoms. The van der Waals surface area contributed by atoms with E-state index in [1.54, 1.807) is 0 Å². The van der Waals surface area contributed by atoms with Crippen LogP contribution in [0.2, 0.25) is 0 Å². The molecule has 13 aromatic rings. The summed E-state index contributed by atoms with van der Waals surface area (Å²) in [5.74, 6) is 3.50. The van der Waals surface area contributed by atoms with E-state index in [9.17, 15) is 0 Å². The van der Waals surface area contributed by atoms with Gasteiger partial charge >= 0.3 is 0 Å². The first-order valence-electron chi connectivity index (χ1n) is 26.8. The standard InChI is InChI=1S/C74H45NO3/c1-5-21-58-52(18-1)54-40-35-48(44-64(54)73(58)60-23-7-13-29-69(60)77-70-30-14-8-24-61(70)73)51-17-3-11-27-66(51)75(49-37-33-46(34-38-49)47-36-42-68-57(43-47)56-20-4-12-28-67(56)76-68)50-39-41-55-53-19-2-6-22-59(53)74(65(55)45-50)62-25-9-15-31-71(62)78-72-32-16-10-26-63(72)74/h1-45H. The fourth-order valence-corrected chi connectivity index (χ4v) is 14.1. The van der Waals surface area contributed by atoms with Crippen LogP contribution in [-0.2, 0) is 10.8 Å². The number of para-hydroxylation sites is 6. The monoisotopic (exact) mass is 995 g/mol. The Morgan fingerprint density at radius 1 is 0.256 bits per heavy atom. The van der Waals surface area contributed by atoms with Gasteiger partial charge in [0.25, 0.3) is 0 Å². The molecule has 0 fully saturated rings. The lowest BCUT2D eigenvalue weighted by Gasteiger charge is -2.40. The minimum Gasteiger partial charge on any atom is -0.457 e. The Labute approximate surface area is 451 Å². The van der Waals surface area contributed by atoms with Gasteiger partial charge in [0.15, 0.2) is 0 Å². The maximum Gasteiger partial charge on any atom is 0.135 e. The smallest absolute Gasteiger partial charge is 0.135 e. The first kappa shape index (κ1) is 43.1. The Morgan fingerprint density at radius 2 is 0.679 bits per heavy atom. The van der Waals surface area contributed by atoms with Gasteiger partial charge in [0.2, 0.25) is 0 Å². The Hall–Kier alpha value is -10.2. The number of hydrogen-bond donors (Lipinski definition) is 0. The van der Waals surface area contributed by atoms with Gasteiger partial charge < -0.3 is 18.8 Å². The summed E-state index contributed by atoms with van der Waals surface area (Å²) in [6.07, 6.45) is 0. The molecule has 0 saturated carbocycles. The molecule has 2 spiro atoms. The van der Waals surface area contributed by atoms with Crippen molar-refractivity contribution in [3.8, 4) is 67.5 Å². The van der Waals surface area contributed by atoms with Crippen molar-refractivity contribution < 1.29 is 13.9 Å². The van der Waals surface area contributed by atoms with Crippen LogP contribution in [0.1, 0.15) is 44.5 Å². The van der Waals surface area contributed by atoms with Crippen LogP contribution in [0.25, 0.3) is 66.4 Å². The predicted molar refractivity (Wildman–Crippen MR) is 314 cm³/mol. The summed E-state index contributed by atoms with van der Waals surface area (Å²) in [6, 6.07) is 99.4. The van der Waals surface area contributed by atoms with Crippen molar-refractivity contribution in [1.82, 2.24) is 0 Å². The topological polar surface area (TPSA) is 34.8 Å². The molecule has 0 bridgehead atoms. The number of ether oxygens (including phenoxy) is 2. The first-order chi connectivity index (χ1) is 38.7.